The minimum atomic E-state index is -1.21. The molecule has 222 valence electrons. The Balaban J connectivity index is 1.96. The van der Waals surface area contributed by atoms with E-state index in [9.17, 15) is 24.5 Å². The molecule has 1 fully saturated rings. The van der Waals surface area contributed by atoms with Crippen molar-refractivity contribution in [3.05, 3.63) is 27.8 Å². The summed E-state index contributed by atoms with van der Waals surface area (Å²) in [5.74, 6) is -0.405. The summed E-state index contributed by atoms with van der Waals surface area (Å²) < 4.78 is 21.9. The Bertz CT molecular complexity index is 1140. The van der Waals surface area contributed by atoms with Crippen LogP contribution in [0, 0.1) is 10.1 Å². The van der Waals surface area contributed by atoms with Gasteiger partial charge in [-0.2, -0.15) is 0 Å². The van der Waals surface area contributed by atoms with E-state index >= 15 is 0 Å². The fraction of sp³-hybridized carbons (Fsp3) is 0.667. The van der Waals surface area contributed by atoms with Crippen LogP contribution in [0.2, 0.25) is 0 Å². The summed E-state index contributed by atoms with van der Waals surface area (Å²) in [4.78, 5) is 54.7. The number of carbonyl (C=O) groups is 3. The third-order valence-corrected chi connectivity index (χ3v) is 6.47. The Morgan fingerprint density at radius 1 is 1.10 bits per heavy atom. The maximum atomic E-state index is 13.2. The van der Waals surface area contributed by atoms with Gasteiger partial charge in [-0.05, 0) is 54.9 Å². The Morgan fingerprint density at radius 3 is 2.33 bits per heavy atom. The molecule has 13 heteroatoms. The molecule has 1 aromatic rings. The smallest absolute Gasteiger partial charge is 0.415 e. The number of carbonyl (C=O) groups excluding carboxylic acids is 3. The average Bonchev–Trinajstić information content (AvgIpc) is 2.81. The first-order valence-corrected chi connectivity index (χ1v) is 13.3. The molecule has 0 radical (unpaired) electrons. The first-order valence-electron chi connectivity index (χ1n) is 13.3. The van der Waals surface area contributed by atoms with Gasteiger partial charge < -0.3 is 23.8 Å². The van der Waals surface area contributed by atoms with Gasteiger partial charge in [0.15, 0.2) is 0 Å². The third-order valence-electron chi connectivity index (χ3n) is 6.47. The van der Waals surface area contributed by atoms with E-state index in [0.29, 0.717) is 43.9 Å². The van der Waals surface area contributed by atoms with Crippen molar-refractivity contribution < 1.29 is 38.3 Å². The first-order chi connectivity index (χ1) is 18.5. The van der Waals surface area contributed by atoms with E-state index in [2.05, 4.69) is 4.90 Å². The number of anilines is 1. The molecule has 3 rings (SSSR count). The lowest BCUT2D eigenvalue weighted by molar-refractivity contribution is -0.384. The van der Waals surface area contributed by atoms with Crippen molar-refractivity contribution in [2.24, 2.45) is 0 Å². The highest BCUT2D eigenvalue weighted by Gasteiger charge is 2.38. The van der Waals surface area contributed by atoms with Crippen LogP contribution in [0.25, 0.3) is 0 Å². The number of piperazine rings is 1. The van der Waals surface area contributed by atoms with Crippen LogP contribution in [0.1, 0.15) is 60.5 Å². The monoisotopic (exact) mass is 564 g/mol. The number of nitrogens with zero attached hydrogens (tertiary/aromatic N) is 4. The number of hydrogen-bond donors (Lipinski definition) is 0. The third kappa shape index (κ3) is 7.52. The zero-order valence-electron chi connectivity index (χ0n) is 24.5. The molecular weight excluding hydrogens is 524 g/mol. The fourth-order valence-corrected chi connectivity index (χ4v) is 4.64. The normalized spacial score (nSPS) is 18.6. The molecule has 0 N–H and O–H groups in total. The summed E-state index contributed by atoms with van der Waals surface area (Å²) in [6.45, 7) is 13.9. The summed E-state index contributed by atoms with van der Waals surface area (Å²) in [6, 6.07) is 1.53. The molecule has 40 heavy (non-hydrogen) atoms. The van der Waals surface area contributed by atoms with Gasteiger partial charge in [0.1, 0.15) is 28.7 Å². The highest BCUT2D eigenvalue weighted by atomic mass is 16.6. The van der Waals surface area contributed by atoms with Crippen LogP contribution < -0.4 is 9.64 Å². The van der Waals surface area contributed by atoms with Gasteiger partial charge in [-0.3, -0.25) is 19.9 Å². The summed E-state index contributed by atoms with van der Waals surface area (Å²) in [7, 11) is 1.17. The Kier molecular flexibility index (Phi) is 9.17. The lowest BCUT2D eigenvalue weighted by Gasteiger charge is -2.42. The van der Waals surface area contributed by atoms with E-state index in [1.807, 2.05) is 20.8 Å². The van der Waals surface area contributed by atoms with Gasteiger partial charge in [0, 0.05) is 49.9 Å². The van der Waals surface area contributed by atoms with Crippen LogP contribution >= 0.6 is 0 Å². The maximum absolute atomic E-state index is 13.2. The molecule has 2 aliphatic heterocycles. The SMILES string of the molecule is COC(=O)C(C)N(C(=O)OC(C)(C)C)c1cc2c(cc1[N+](=O)[O-])CN1CCN(C(=O)OC(C)(C)C)C[C@H]1CCO2. The second-order valence-electron chi connectivity index (χ2n) is 11.9. The molecule has 1 saturated heterocycles. The molecule has 13 nitrogen and oxygen atoms in total. The van der Waals surface area contributed by atoms with Crippen LogP contribution in [0.4, 0.5) is 21.0 Å². The molecule has 0 aliphatic carbocycles. The summed E-state index contributed by atoms with van der Waals surface area (Å²) in [5, 5.41) is 12.2. The van der Waals surface area contributed by atoms with Gasteiger partial charge in [-0.1, -0.05) is 0 Å². The van der Waals surface area contributed by atoms with Crippen molar-refractivity contribution in [3.63, 3.8) is 0 Å². The van der Waals surface area contributed by atoms with E-state index in [1.165, 1.54) is 26.2 Å². The molecule has 2 amide bonds. The number of rotatable bonds is 4. The number of hydrogen-bond acceptors (Lipinski definition) is 10. The summed E-state index contributed by atoms with van der Waals surface area (Å²) in [6.07, 6.45) is -0.713. The van der Waals surface area contributed by atoms with Crippen molar-refractivity contribution in [2.45, 2.75) is 84.7 Å². The second kappa shape index (κ2) is 11.9. The minimum absolute atomic E-state index is 0.0363. The second-order valence-corrected chi connectivity index (χ2v) is 11.9. The molecule has 2 atom stereocenters. The highest BCUT2D eigenvalue weighted by molar-refractivity contribution is 5.98. The van der Waals surface area contributed by atoms with Crippen LogP contribution in [0.5, 0.6) is 5.75 Å². The number of nitro groups is 1. The first kappa shape index (κ1) is 30.9. The van der Waals surface area contributed by atoms with Crippen LogP contribution in [-0.2, 0) is 25.5 Å². The van der Waals surface area contributed by atoms with Gasteiger partial charge >= 0.3 is 18.2 Å². The topological polar surface area (TPSA) is 141 Å². The zero-order valence-corrected chi connectivity index (χ0v) is 24.5. The van der Waals surface area contributed by atoms with Crippen molar-refractivity contribution >= 4 is 29.5 Å². The highest BCUT2D eigenvalue weighted by Crippen LogP contribution is 2.39. The lowest BCUT2D eigenvalue weighted by atomic mass is 10.0. The van der Waals surface area contributed by atoms with Gasteiger partial charge in [0.25, 0.3) is 5.69 Å². The molecule has 0 bridgehead atoms. The molecule has 1 aromatic carbocycles. The standard InChI is InChI=1S/C27H40N4O9/c1-17(23(32)37-8)30(25(34)40-27(5,6)7)20-14-22-18(13-21(20)31(35)36)15-28-10-11-29(16-19(28)9-12-38-22)24(33)39-26(2,3)4/h13-14,17,19H,9-12,15-16H2,1-8H3/t17?,19-/m1/s1. The van der Waals surface area contributed by atoms with Gasteiger partial charge in [0.2, 0.25) is 0 Å². The number of ether oxygens (including phenoxy) is 4. The summed E-state index contributed by atoms with van der Waals surface area (Å²) >= 11 is 0. The van der Waals surface area contributed by atoms with Crippen molar-refractivity contribution in [3.8, 4) is 5.75 Å². The molecule has 0 spiro atoms. The lowest BCUT2D eigenvalue weighted by Crippen LogP contribution is -2.55. The number of methoxy groups -OCH3 is 1. The van der Waals surface area contributed by atoms with Crippen LogP contribution in [0.3, 0.4) is 0 Å². The van der Waals surface area contributed by atoms with Gasteiger partial charge in [-0.25, -0.2) is 14.4 Å². The summed E-state index contributed by atoms with van der Waals surface area (Å²) in [5.41, 5.74) is -1.49. The Labute approximate surface area is 234 Å². The number of amides is 2. The number of nitro benzene ring substituents is 1. The largest absolute Gasteiger partial charge is 0.493 e. The van der Waals surface area contributed by atoms with Crippen LogP contribution in [0.15, 0.2) is 12.1 Å². The predicted octanol–water partition coefficient (Wildman–Crippen LogP) is 4.10. The molecule has 0 saturated carbocycles. The van der Waals surface area contributed by atoms with Crippen molar-refractivity contribution in [1.29, 1.82) is 0 Å². The van der Waals surface area contributed by atoms with Gasteiger partial charge in [0.05, 0.1) is 18.6 Å². The molecule has 2 heterocycles. The Hall–Kier alpha value is -3.61. The molecule has 0 aromatic heterocycles. The Morgan fingerprint density at radius 2 is 1.75 bits per heavy atom. The van der Waals surface area contributed by atoms with Crippen LogP contribution in [-0.4, -0.2) is 89.5 Å². The van der Waals surface area contributed by atoms with E-state index in [-0.39, 0.29) is 30.1 Å². The zero-order chi connectivity index (χ0) is 30.0. The number of benzene rings is 1. The van der Waals surface area contributed by atoms with E-state index < -0.39 is 34.2 Å². The molecule has 1 unspecified atom stereocenters. The fourth-order valence-electron chi connectivity index (χ4n) is 4.64. The quantitative estimate of drug-likeness (QED) is 0.227. The predicted molar refractivity (Wildman–Crippen MR) is 145 cm³/mol. The molecular formula is C27H40N4O9. The van der Waals surface area contributed by atoms with E-state index in [4.69, 9.17) is 18.9 Å². The van der Waals surface area contributed by atoms with Crippen molar-refractivity contribution in [2.75, 3.05) is 38.3 Å². The minimum Gasteiger partial charge on any atom is -0.493 e. The van der Waals surface area contributed by atoms with E-state index in [0.717, 1.165) is 4.90 Å². The van der Waals surface area contributed by atoms with E-state index in [1.54, 1.807) is 25.7 Å². The van der Waals surface area contributed by atoms with Crippen molar-refractivity contribution in [1.82, 2.24) is 9.80 Å². The molecule has 2 aliphatic rings. The maximum Gasteiger partial charge on any atom is 0.415 e. The number of esters is 1. The van der Waals surface area contributed by atoms with Gasteiger partial charge in [-0.15, -0.1) is 0 Å². The number of fused-ring (bicyclic) bond motifs is 2. The average molecular weight is 565 g/mol.